The Balaban J connectivity index is 2.25. The summed E-state index contributed by atoms with van der Waals surface area (Å²) in [7, 11) is 0. The van der Waals surface area contributed by atoms with Crippen LogP contribution in [0.4, 0.5) is 13.2 Å². The van der Waals surface area contributed by atoms with Gasteiger partial charge in [0.05, 0.1) is 5.70 Å². The first kappa shape index (κ1) is 26.7. The first-order valence-electron chi connectivity index (χ1n) is 11.3. The molecular weight excluding hydrogens is 475 g/mol. The number of Topliss-reactive ketones (excluding diaryl/α,β-unsaturated/α-hetero) is 1. The summed E-state index contributed by atoms with van der Waals surface area (Å²) in [5.41, 5.74) is 0.748. The van der Waals surface area contributed by atoms with E-state index in [1.165, 1.54) is 30.2 Å². The van der Waals surface area contributed by atoms with Crippen molar-refractivity contribution >= 4 is 29.2 Å². The van der Waals surface area contributed by atoms with Crippen LogP contribution in [0.5, 0.6) is 0 Å². The summed E-state index contributed by atoms with van der Waals surface area (Å²) in [6.07, 6.45) is -4.27. The van der Waals surface area contributed by atoms with Crippen molar-refractivity contribution < 1.29 is 32.3 Å². The molecule has 3 rings (SSSR count). The number of ketones is 1. The lowest BCUT2D eigenvalue weighted by Gasteiger charge is -2.45. The van der Waals surface area contributed by atoms with E-state index < -0.39 is 48.2 Å². The summed E-state index contributed by atoms with van der Waals surface area (Å²) in [4.78, 5) is 52.9. The number of carbonyl (C=O) groups is 4. The average Bonchev–Trinajstić information content (AvgIpc) is 2.84. The van der Waals surface area contributed by atoms with Crippen LogP contribution >= 0.6 is 0 Å². The molecular formula is C26H26F3N3O4. The Bertz CT molecular complexity index is 1170. The molecule has 0 spiro atoms. The molecule has 0 N–H and O–H groups in total. The van der Waals surface area contributed by atoms with E-state index >= 15 is 0 Å². The minimum Gasteiger partial charge on any atom is -0.305 e. The van der Waals surface area contributed by atoms with Gasteiger partial charge in [-0.25, -0.2) is 10.0 Å². The SMILES string of the molecule is CCC1C(=O)N(N(C(C)=O)C(Cc2ccccc2)C(=O)C(F)(F)F)C(c2ccccc2)=CN1C(C)=O. The van der Waals surface area contributed by atoms with Gasteiger partial charge in [0.1, 0.15) is 12.1 Å². The van der Waals surface area contributed by atoms with Gasteiger partial charge in [-0.15, -0.1) is 0 Å². The topological polar surface area (TPSA) is 78.0 Å². The van der Waals surface area contributed by atoms with Crippen molar-refractivity contribution in [3.05, 3.63) is 78.0 Å². The highest BCUT2D eigenvalue weighted by atomic mass is 19.4. The van der Waals surface area contributed by atoms with E-state index in [0.717, 1.165) is 11.9 Å². The predicted octanol–water partition coefficient (Wildman–Crippen LogP) is 3.96. The highest BCUT2D eigenvalue weighted by Crippen LogP contribution is 2.33. The van der Waals surface area contributed by atoms with Crippen molar-refractivity contribution in [2.75, 3.05) is 0 Å². The molecule has 2 aromatic rings. The standard InChI is InChI=1S/C26H26F3N3O4/c1-4-21-25(36)32(23(16-30(21)17(2)33)20-13-9-6-10-14-20)31(18(3)34)22(24(35)26(27,28)29)15-19-11-7-5-8-12-19/h5-14,16,21-22H,4,15H2,1-3H3. The molecule has 7 nitrogen and oxygen atoms in total. The van der Waals surface area contributed by atoms with Gasteiger partial charge in [0, 0.05) is 32.0 Å². The summed E-state index contributed by atoms with van der Waals surface area (Å²) >= 11 is 0. The van der Waals surface area contributed by atoms with Crippen molar-refractivity contribution in [1.29, 1.82) is 0 Å². The lowest BCUT2D eigenvalue weighted by Crippen LogP contribution is -2.63. The molecule has 10 heteroatoms. The van der Waals surface area contributed by atoms with E-state index in [0.29, 0.717) is 16.1 Å². The molecule has 2 atom stereocenters. The van der Waals surface area contributed by atoms with Crippen molar-refractivity contribution in [1.82, 2.24) is 14.9 Å². The molecule has 0 aromatic heterocycles. The van der Waals surface area contributed by atoms with Crippen LogP contribution in [-0.2, 0) is 25.6 Å². The zero-order chi connectivity index (χ0) is 26.6. The van der Waals surface area contributed by atoms with Crippen molar-refractivity contribution in [2.45, 2.75) is 51.9 Å². The molecule has 190 valence electrons. The smallest absolute Gasteiger partial charge is 0.305 e. The van der Waals surface area contributed by atoms with Crippen LogP contribution in [-0.4, -0.2) is 56.7 Å². The van der Waals surface area contributed by atoms with E-state index in [2.05, 4.69) is 0 Å². The highest BCUT2D eigenvalue weighted by Gasteiger charge is 2.50. The Hall–Kier alpha value is -3.95. The molecule has 1 aliphatic heterocycles. The fraction of sp³-hybridized carbons (Fsp3) is 0.308. The Morgan fingerprint density at radius 2 is 1.53 bits per heavy atom. The third-order valence-electron chi connectivity index (χ3n) is 5.83. The van der Waals surface area contributed by atoms with Crippen LogP contribution in [0.2, 0.25) is 0 Å². The minimum atomic E-state index is -5.27. The van der Waals surface area contributed by atoms with Gasteiger partial charge in [-0.2, -0.15) is 13.2 Å². The van der Waals surface area contributed by atoms with Crippen LogP contribution in [0.3, 0.4) is 0 Å². The second-order valence-electron chi connectivity index (χ2n) is 8.31. The second kappa shape index (κ2) is 10.8. The van der Waals surface area contributed by atoms with Gasteiger partial charge in [-0.05, 0) is 12.0 Å². The predicted molar refractivity (Wildman–Crippen MR) is 125 cm³/mol. The van der Waals surface area contributed by atoms with Crippen LogP contribution in [0.25, 0.3) is 5.70 Å². The van der Waals surface area contributed by atoms with E-state index in [9.17, 15) is 32.3 Å². The van der Waals surface area contributed by atoms with Crippen LogP contribution in [0.15, 0.2) is 66.9 Å². The fourth-order valence-electron chi connectivity index (χ4n) is 4.18. The number of hydrogen-bond acceptors (Lipinski definition) is 4. The Kier molecular flexibility index (Phi) is 7.96. The summed E-state index contributed by atoms with van der Waals surface area (Å²) in [6, 6.07) is 13.0. The second-order valence-corrected chi connectivity index (χ2v) is 8.31. The van der Waals surface area contributed by atoms with Crippen molar-refractivity contribution in [2.24, 2.45) is 0 Å². The normalized spacial score (nSPS) is 16.9. The average molecular weight is 502 g/mol. The molecule has 1 heterocycles. The van der Waals surface area contributed by atoms with Gasteiger partial charge in [-0.3, -0.25) is 19.2 Å². The molecule has 3 amide bonds. The van der Waals surface area contributed by atoms with Gasteiger partial charge in [0.2, 0.25) is 11.8 Å². The molecule has 2 unspecified atom stereocenters. The Labute approximate surface area is 206 Å². The minimum absolute atomic E-state index is 0.00346. The zero-order valence-electron chi connectivity index (χ0n) is 20.0. The molecule has 0 radical (unpaired) electrons. The summed E-state index contributed by atoms with van der Waals surface area (Å²) < 4.78 is 41.3. The summed E-state index contributed by atoms with van der Waals surface area (Å²) in [6.45, 7) is 3.90. The third-order valence-corrected chi connectivity index (χ3v) is 5.83. The summed E-state index contributed by atoms with van der Waals surface area (Å²) in [5.74, 6) is -4.35. The number of alkyl halides is 3. The maximum Gasteiger partial charge on any atom is 0.452 e. The maximum atomic E-state index is 13.8. The molecule has 2 aromatic carbocycles. The quantitative estimate of drug-likeness (QED) is 0.576. The van der Waals surface area contributed by atoms with Gasteiger partial charge >= 0.3 is 6.18 Å². The van der Waals surface area contributed by atoms with Gasteiger partial charge in [-0.1, -0.05) is 67.6 Å². The van der Waals surface area contributed by atoms with E-state index in [1.807, 2.05) is 0 Å². The summed E-state index contributed by atoms with van der Waals surface area (Å²) in [5, 5.41) is 1.40. The lowest BCUT2D eigenvalue weighted by molar-refractivity contribution is -0.187. The molecule has 1 aliphatic rings. The van der Waals surface area contributed by atoms with Crippen LogP contribution in [0.1, 0.15) is 38.3 Å². The number of benzene rings is 2. The monoisotopic (exact) mass is 501 g/mol. The molecule has 0 saturated carbocycles. The number of rotatable bonds is 7. The molecule has 0 aliphatic carbocycles. The molecule has 0 fully saturated rings. The van der Waals surface area contributed by atoms with E-state index in [-0.39, 0.29) is 12.1 Å². The largest absolute Gasteiger partial charge is 0.452 e. The van der Waals surface area contributed by atoms with Crippen LogP contribution in [0, 0.1) is 0 Å². The number of hydrazine groups is 1. The van der Waals surface area contributed by atoms with E-state index in [4.69, 9.17) is 0 Å². The van der Waals surface area contributed by atoms with Gasteiger partial charge in [0.25, 0.3) is 11.7 Å². The van der Waals surface area contributed by atoms with Crippen molar-refractivity contribution in [3.63, 3.8) is 0 Å². The maximum absolute atomic E-state index is 13.8. The Morgan fingerprint density at radius 1 is 0.972 bits per heavy atom. The molecule has 0 saturated heterocycles. The van der Waals surface area contributed by atoms with Gasteiger partial charge < -0.3 is 4.90 Å². The Morgan fingerprint density at radius 3 is 2.00 bits per heavy atom. The third kappa shape index (κ3) is 5.48. The first-order chi connectivity index (χ1) is 17.0. The zero-order valence-corrected chi connectivity index (χ0v) is 20.0. The number of carbonyl (C=O) groups excluding carboxylic acids is 4. The highest BCUT2D eigenvalue weighted by molar-refractivity contribution is 6.00. The number of amides is 3. The van der Waals surface area contributed by atoms with Crippen LogP contribution < -0.4 is 0 Å². The fourth-order valence-corrected chi connectivity index (χ4v) is 4.18. The first-order valence-corrected chi connectivity index (χ1v) is 11.3. The van der Waals surface area contributed by atoms with Gasteiger partial charge in [0.15, 0.2) is 0 Å². The number of hydrogen-bond donors (Lipinski definition) is 0. The number of halogens is 3. The molecule has 0 bridgehead atoms. The lowest BCUT2D eigenvalue weighted by atomic mass is 10.00. The van der Waals surface area contributed by atoms with E-state index in [1.54, 1.807) is 55.5 Å². The molecule has 36 heavy (non-hydrogen) atoms. The van der Waals surface area contributed by atoms with Crippen molar-refractivity contribution in [3.8, 4) is 0 Å². The number of nitrogens with zero attached hydrogens (tertiary/aromatic N) is 3.